The van der Waals surface area contributed by atoms with E-state index in [1.165, 1.54) is 6.07 Å². The Hall–Kier alpha value is -1.84. The van der Waals surface area contributed by atoms with Crippen molar-refractivity contribution in [2.45, 2.75) is 39.3 Å². The highest BCUT2D eigenvalue weighted by molar-refractivity contribution is 5.39. The number of halogens is 1. The van der Waals surface area contributed by atoms with Gasteiger partial charge < -0.3 is 5.32 Å². The smallest absolute Gasteiger partial charge is 0.126 e. The summed E-state index contributed by atoms with van der Waals surface area (Å²) in [6.07, 6.45) is 5.52. The average Bonchev–Trinajstić information content (AvgIpc) is 2.80. The fraction of sp³-hybridized carbons (Fsp3) is 0.400. The lowest BCUT2D eigenvalue weighted by atomic mass is 10.1. The molecule has 2 rings (SSSR count). The van der Waals surface area contributed by atoms with Crippen LogP contribution in [-0.2, 0) is 13.0 Å². The van der Waals surface area contributed by atoms with Gasteiger partial charge in [-0.1, -0.05) is 25.1 Å². The summed E-state index contributed by atoms with van der Waals surface area (Å²) < 4.78 is 15.5. The molecule has 0 amide bonds. The van der Waals surface area contributed by atoms with Crippen molar-refractivity contribution in [1.82, 2.24) is 9.78 Å². The summed E-state index contributed by atoms with van der Waals surface area (Å²) in [5, 5.41) is 7.61. The largest absolute Gasteiger partial charge is 0.380 e. The van der Waals surface area contributed by atoms with Gasteiger partial charge in [0.2, 0.25) is 0 Å². The molecule has 0 fully saturated rings. The van der Waals surface area contributed by atoms with Crippen LogP contribution in [0.1, 0.15) is 25.8 Å². The number of nitrogens with zero attached hydrogens (tertiary/aromatic N) is 2. The molecule has 19 heavy (non-hydrogen) atoms. The lowest BCUT2D eigenvalue weighted by Gasteiger charge is -2.14. The first-order valence-corrected chi connectivity index (χ1v) is 6.71. The van der Waals surface area contributed by atoms with Gasteiger partial charge in [-0.2, -0.15) is 5.10 Å². The number of hydrogen-bond donors (Lipinski definition) is 1. The second kappa shape index (κ2) is 6.36. The molecule has 2 aromatic rings. The summed E-state index contributed by atoms with van der Waals surface area (Å²) in [6, 6.07) is 7.07. The summed E-state index contributed by atoms with van der Waals surface area (Å²) in [6.45, 7) is 5.09. The Morgan fingerprint density at radius 1 is 1.37 bits per heavy atom. The topological polar surface area (TPSA) is 29.9 Å². The number of anilines is 1. The molecule has 1 N–H and O–H groups in total. The van der Waals surface area contributed by atoms with E-state index in [2.05, 4.69) is 17.3 Å². The third-order valence-corrected chi connectivity index (χ3v) is 2.98. The normalized spacial score (nSPS) is 12.4. The van der Waals surface area contributed by atoms with Gasteiger partial charge in [-0.3, -0.25) is 4.68 Å². The lowest BCUT2D eigenvalue weighted by molar-refractivity contribution is 0.600. The number of nitrogens with one attached hydrogen (secondary N) is 1. The molecule has 1 atom stereocenters. The molecule has 1 heterocycles. The Bertz CT molecular complexity index is 522. The molecule has 0 bridgehead atoms. The molecule has 1 aromatic heterocycles. The maximum absolute atomic E-state index is 13.5. The van der Waals surface area contributed by atoms with Crippen LogP contribution in [0, 0.1) is 5.82 Å². The van der Waals surface area contributed by atoms with Crippen molar-refractivity contribution in [1.29, 1.82) is 0 Å². The number of hydrogen-bond acceptors (Lipinski definition) is 2. The monoisotopic (exact) mass is 261 g/mol. The van der Waals surface area contributed by atoms with Crippen molar-refractivity contribution >= 4 is 5.69 Å². The fourth-order valence-electron chi connectivity index (χ4n) is 2.12. The molecule has 3 nitrogen and oxygen atoms in total. The molecule has 4 heteroatoms. The van der Waals surface area contributed by atoms with E-state index in [9.17, 15) is 4.39 Å². The van der Waals surface area contributed by atoms with Crippen LogP contribution in [0.25, 0.3) is 0 Å². The van der Waals surface area contributed by atoms with Crippen molar-refractivity contribution in [2.24, 2.45) is 0 Å². The number of rotatable bonds is 6. The second-order valence-electron chi connectivity index (χ2n) is 4.83. The van der Waals surface area contributed by atoms with E-state index in [0.717, 1.165) is 24.2 Å². The van der Waals surface area contributed by atoms with Crippen LogP contribution in [0.2, 0.25) is 0 Å². The highest BCUT2D eigenvalue weighted by Crippen LogP contribution is 2.13. The van der Waals surface area contributed by atoms with E-state index in [1.54, 1.807) is 6.07 Å². The molecule has 102 valence electrons. The van der Waals surface area contributed by atoms with Gasteiger partial charge in [-0.05, 0) is 31.4 Å². The molecule has 0 aliphatic rings. The summed E-state index contributed by atoms with van der Waals surface area (Å²) in [5.74, 6) is -0.141. The molecule has 0 saturated heterocycles. The van der Waals surface area contributed by atoms with Crippen LogP contribution in [0.15, 0.2) is 36.7 Å². The SMILES string of the molecule is CCCn1cc(N[C@@H](C)Cc2ccccc2F)cn1. The molecule has 0 saturated carbocycles. The van der Waals surface area contributed by atoms with Crippen LogP contribution in [0.3, 0.4) is 0 Å². The zero-order valence-corrected chi connectivity index (χ0v) is 11.4. The highest BCUT2D eigenvalue weighted by atomic mass is 19.1. The van der Waals surface area contributed by atoms with E-state index in [-0.39, 0.29) is 11.9 Å². The lowest BCUT2D eigenvalue weighted by Crippen LogP contribution is -2.18. The van der Waals surface area contributed by atoms with Gasteiger partial charge in [0.1, 0.15) is 5.82 Å². The number of benzene rings is 1. The minimum Gasteiger partial charge on any atom is -0.380 e. The van der Waals surface area contributed by atoms with Crippen LogP contribution in [-0.4, -0.2) is 15.8 Å². The molecular formula is C15H20FN3. The molecule has 0 aliphatic carbocycles. The Morgan fingerprint density at radius 3 is 2.89 bits per heavy atom. The zero-order valence-electron chi connectivity index (χ0n) is 11.4. The van der Waals surface area contributed by atoms with E-state index < -0.39 is 0 Å². The third kappa shape index (κ3) is 3.81. The third-order valence-electron chi connectivity index (χ3n) is 2.98. The Balaban J connectivity index is 1.93. The molecule has 0 spiro atoms. The first-order chi connectivity index (χ1) is 9.19. The predicted octanol–water partition coefficient (Wildman–Crippen LogP) is 3.48. The first-order valence-electron chi connectivity index (χ1n) is 6.71. The number of aromatic nitrogens is 2. The van der Waals surface area contributed by atoms with Crippen molar-refractivity contribution < 1.29 is 4.39 Å². The fourth-order valence-corrected chi connectivity index (χ4v) is 2.12. The van der Waals surface area contributed by atoms with Gasteiger partial charge in [-0.15, -0.1) is 0 Å². The molecule has 0 aliphatic heterocycles. The van der Waals surface area contributed by atoms with Crippen LogP contribution >= 0.6 is 0 Å². The van der Waals surface area contributed by atoms with Gasteiger partial charge in [0.25, 0.3) is 0 Å². The van der Waals surface area contributed by atoms with E-state index in [1.807, 2.05) is 36.1 Å². The van der Waals surface area contributed by atoms with Gasteiger partial charge in [0, 0.05) is 18.8 Å². The zero-order chi connectivity index (χ0) is 13.7. The summed E-state index contributed by atoms with van der Waals surface area (Å²) in [5.41, 5.74) is 1.72. The number of aryl methyl sites for hydroxylation is 1. The molecular weight excluding hydrogens is 241 g/mol. The Labute approximate surface area is 113 Å². The Morgan fingerprint density at radius 2 is 2.16 bits per heavy atom. The van der Waals surface area contributed by atoms with Crippen LogP contribution in [0.4, 0.5) is 10.1 Å². The minimum absolute atomic E-state index is 0.141. The van der Waals surface area contributed by atoms with Gasteiger partial charge in [-0.25, -0.2) is 4.39 Å². The summed E-state index contributed by atoms with van der Waals surface area (Å²) >= 11 is 0. The Kier molecular flexibility index (Phi) is 4.55. The maximum atomic E-state index is 13.5. The van der Waals surface area contributed by atoms with Crippen molar-refractivity contribution in [3.05, 3.63) is 48.0 Å². The van der Waals surface area contributed by atoms with E-state index in [4.69, 9.17) is 0 Å². The molecule has 1 aromatic carbocycles. The molecule has 0 unspecified atom stereocenters. The van der Waals surface area contributed by atoms with E-state index in [0.29, 0.717) is 6.42 Å². The quantitative estimate of drug-likeness (QED) is 0.862. The van der Waals surface area contributed by atoms with E-state index >= 15 is 0 Å². The first kappa shape index (κ1) is 13.6. The maximum Gasteiger partial charge on any atom is 0.126 e. The summed E-state index contributed by atoms with van der Waals surface area (Å²) in [7, 11) is 0. The van der Waals surface area contributed by atoms with Crippen molar-refractivity contribution in [2.75, 3.05) is 5.32 Å². The van der Waals surface area contributed by atoms with Crippen LogP contribution < -0.4 is 5.32 Å². The highest BCUT2D eigenvalue weighted by Gasteiger charge is 2.08. The van der Waals surface area contributed by atoms with Crippen molar-refractivity contribution in [3.8, 4) is 0 Å². The predicted molar refractivity (Wildman–Crippen MR) is 75.7 cm³/mol. The molecule has 0 radical (unpaired) electrons. The van der Waals surface area contributed by atoms with Gasteiger partial charge >= 0.3 is 0 Å². The second-order valence-corrected chi connectivity index (χ2v) is 4.83. The van der Waals surface area contributed by atoms with Crippen molar-refractivity contribution in [3.63, 3.8) is 0 Å². The minimum atomic E-state index is -0.141. The summed E-state index contributed by atoms with van der Waals surface area (Å²) in [4.78, 5) is 0. The standard InChI is InChI=1S/C15H20FN3/c1-3-8-19-11-14(10-17-19)18-12(2)9-13-6-4-5-7-15(13)16/h4-7,10-12,18H,3,8-9H2,1-2H3/t12-/m0/s1. The van der Waals surface area contributed by atoms with Crippen LogP contribution in [0.5, 0.6) is 0 Å². The van der Waals surface area contributed by atoms with Gasteiger partial charge in [0.15, 0.2) is 0 Å². The average molecular weight is 261 g/mol. The van der Waals surface area contributed by atoms with Gasteiger partial charge in [0.05, 0.1) is 11.9 Å².